The van der Waals surface area contributed by atoms with Gasteiger partial charge >= 0.3 is 0 Å². The molecule has 2 rings (SSSR count). The van der Waals surface area contributed by atoms with Crippen molar-refractivity contribution in [2.75, 3.05) is 18.9 Å². The quantitative estimate of drug-likeness (QED) is 0.679. The van der Waals surface area contributed by atoms with Gasteiger partial charge in [-0.15, -0.1) is 0 Å². The molecule has 2 aromatic carbocycles. The molecule has 0 saturated heterocycles. The lowest BCUT2D eigenvalue weighted by Crippen LogP contribution is -2.33. The number of amides is 1. The average molecular weight is 424 g/mol. The van der Waals surface area contributed by atoms with Crippen LogP contribution in [0.25, 0.3) is 0 Å². The highest BCUT2D eigenvalue weighted by molar-refractivity contribution is 7.89. The van der Waals surface area contributed by atoms with Crippen molar-refractivity contribution in [3.8, 4) is 0 Å². The molecular formula is C20H26ClN3O3S. The fourth-order valence-corrected chi connectivity index (χ4v) is 4.07. The van der Waals surface area contributed by atoms with Crippen molar-refractivity contribution in [1.82, 2.24) is 9.62 Å². The lowest BCUT2D eigenvalue weighted by atomic mass is 10.1. The molecule has 2 aromatic rings. The summed E-state index contributed by atoms with van der Waals surface area (Å²) in [6.45, 7) is 5.68. The van der Waals surface area contributed by atoms with Gasteiger partial charge in [0.15, 0.2) is 0 Å². The Bertz CT molecular complexity index is 915. The van der Waals surface area contributed by atoms with Crippen LogP contribution in [0.15, 0.2) is 53.4 Å². The minimum Gasteiger partial charge on any atom is -0.325 e. The van der Waals surface area contributed by atoms with Crippen LogP contribution in [0.2, 0.25) is 5.02 Å². The monoisotopic (exact) mass is 423 g/mol. The van der Waals surface area contributed by atoms with E-state index in [1.807, 2.05) is 39.0 Å². The van der Waals surface area contributed by atoms with E-state index >= 15 is 0 Å². The summed E-state index contributed by atoms with van der Waals surface area (Å²) >= 11 is 5.99. The molecule has 0 aliphatic rings. The van der Waals surface area contributed by atoms with Gasteiger partial charge in [0.1, 0.15) is 0 Å². The van der Waals surface area contributed by atoms with Crippen molar-refractivity contribution < 1.29 is 13.2 Å². The highest BCUT2D eigenvalue weighted by Crippen LogP contribution is 2.19. The maximum absolute atomic E-state index is 12.5. The lowest BCUT2D eigenvalue weighted by Gasteiger charge is -2.21. The van der Waals surface area contributed by atoms with Gasteiger partial charge in [-0.05, 0) is 62.7 Å². The Hall–Kier alpha value is -1.93. The van der Waals surface area contributed by atoms with Gasteiger partial charge < -0.3 is 10.6 Å². The van der Waals surface area contributed by atoms with E-state index in [0.29, 0.717) is 10.7 Å². The maximum atomic E-state index is 12.5. The minimum atomic E-state index is -3.54. The number of carbonyl (C=O) groups is 1. The van der Waals surface area contributed by atoms with Crippen molar-refractivity contribution in [3.05, 3.63) is 59.1 Å². The lowest BCUT2D eigenvalue weighted by molar-refractivity contribution is -0.115. The molecule has 0 radical (unpaired) electrons. The molecule has 0 fully saturated rings. The Kier molecular flexibility index (Phi) is 7.60. The zero-order valence-electron chi connectivity index (χ0n) is 16.4. The molecule has 0 aliphatic heterocycles. The Morgan fingerprint density at radius 2 is 1.75 bits per heavy atom. The molecule has 28 heavy (non-hydrogen) atoms. The SMILES string of the molecule is CC(C)N(C)S(=O)(=O)c1ccc(NC(=O)CN[C@@H](C)c2cccc(Cl)c2)cc1. The third-order valence-electron chi connectivity index (χ3n) is 4.46. The van der Waals surface area contributed by atoms with Crippen LogP contribution in [0, 0.1) is 0 Å². The molecule has 0 heterocycles. The summed E-state index contributed by atoms with van der Waals surface area (Å²) in [4.78, 5) is 12.4. The fraction of sp³-hybridized carbons (Fsp3) is 0.350. The van der Waals surface area contributed by atoms with E-state index in [-0.39, 0.29) is 29.4 Å². The van der Waals surface area contributed by atoms with Crippen LogP contribution in [0.4, 0.5) is 5.69 Å². The van der Waals surface area contributed by atoms with E-state index in [2.05, 4.69) is 10.6 Å². The molecule has 1 amide bonds. The number of rotatable bonds is 8. The van der Waals surface area contributed by atoms with E-state index in [1.165, 1.54) is 16.4 Å². The van der Waals surface area contributed by atoms with Crippen LogP contribution in [-0.2, 0) is 14.8 Å². The van der Waals surface area contributed by atoms with Crippen molar-refractivity contribution in [2.24, 2.45) is 0 Å². The topological polar surface area (TPSA) is 78.5 Å². The van der Waals surface area contributed by atoms with E-state index in [9.17, 15) is 13.2 Å². The number of nitrogens with zero attached hydrogens (tertiary/aromatic N) is 1. The molecule has 0 saturated carbocycles. The number of halogens is 1. The Balaban J connectivity index is 1.94. The molecule has 0 aliphatic carbocycles. The summed E-state index contributed by atoms with van der Waals surface area (Å²) in [5.41, 5.74) is 1.53. The summed E-state index contributed by atoms with van der Waals surface area (Å²) in [5, 5.41) is 6.54. The van der Waals surface area contributed by atoms with Gasteiger partial charge in [0.25, 0.3) is 0 Å². The standard InChI is InChI=1S/C20H26ClN3O3S/c1-14(2)24(4)28(26,27)19-10-8-18(9-11-19)23-20(25)13-22-15(3)16-6-5-7-17(21)12-16/h5-12,14-15,22H,13H2,1-4H3,(H,23,25)/t15-/m0/s1. The zero-order chi connectivity index (χ0) is 20.9. The summed E-state index contributed by atoms with van der Waals surface area (Å²) < 4.78 is 26.2. The minimum absolute atomic E-state index is 0.0384. The second-order valence-corrected chi connectivity index (χ2v) is 9.28. The summed E-state index contributed by atoms with van der Waals surface area (Å²) in [6, 6.07) is 13.4. The van der Waals surface area contributed by atoms with Gasteiger partial charge in [-0.3, -0.25) is 4.79 Å². The Morgan fingerprint density at radius 3 is 2.32 bits per heavy atom. The van der Waals surface area contributed by atoms with Crippen molar-refractivity contribution >= 4 is 33.2 Å². The first-order valence-corrected chi connectivity index (χ1v) is 10.8. The number of carbonyl (C=O) groups excluding carboxylic acids is 1. The predicted molar refractivity (Wildman–Crippen MR) is 113 cm³/mol. The third-order valence-corrected chi connectivity index (χ3v) is 6.74. The first-order valence-electron chi connectivity index (χ1n) is 8.98. The molecule has 6 nitrogen and oxygen atoms in total. The fourth-order valence-electron chi connectivity index (χ4n) is 2.50. The van der Waals surface area contributed by atoms with Gasteiger partial charge in [0.2, 0.25) is 15.9 Å². The van der Waals surface area contributed by atoms with E-state index in [1.54, 1.807) is 25.2 Å². The number of hydrogen-bond donors (Lipinski definition) is 2. The number of hydrogen-bond acceptors (Lipinski definition) is 4. The van der Waals surface area contributed by atoms with E-state index in [0.717, 1.165) is 5.56 Å². The smallest absolute Gasteiger partial charge is 0.243 e. The predicted octanol–water partition coefficient (Wildman–Crippen LogP) is 3.66. The first kappa shape index (κ1) is 22.4. The maximum Gasteiger partial charge on any atom is 0.243 e. The molecule has 2 N–H and O–H groups in total. The molecule has 1 atom stereocenters. The number of benzene rings is 2. The molecule has 0 unspecified atom stereocenters. The summed E-state index contributed by atoms with van der Waals surface area (Å²) in [5.74, 6) is -0.219. The summed E-state index contributed by atoms with van der Waals surface area (Å²) in [6.07, 6.45) is 0. The van der Waals surface area contributed by atoms with E-state index in [4.69, 9.17) is 11.6 Å². The first-order chi connectivity index (χ1) is 13.1. The Morgan fingerprint density at radius 1 is 1.11 bits per heavy atom. The number of anilines is 1. The van der Waals surface area contributed by atoms with Crippen molar-refractivity contribution in [2.45, 2.75) is 37.8 Å². The average Bonchev–Trinajstić information content (AvgIpc) is 2.65. The molecular weight excluding hydrogens is 398 g/mol. The van der Waals surface area contributed by atoms with Crippen LogP contribution < -0.4 is 10.6 Å². The van der Waals surface area contributed by atoms with Gasteiger partial charge in [-0.1, -0.05) is 23.7 Å². The number of sulfonamides is 1. The van der Waals surface area contributed by atoms with Crippen LogP contribution in [0.3, 0.4) is 0 Å². The van der Waals surface area contributed by atoms with Crippen LogP contribution in [0.1, 0.15) is 32.4 Å². The highest BCUT2D eigenvalue weighted by atomic mass is 35.5. The highest BCUT2D eigenvalue weighted by Gasteiger charge is 2.22. The normalized spacial score (nSPS) is 13.0. The number of nitrogens with one attached hydrogen (secondary N) is 2. The second-order valence-electron chi connectivity index (χ2n) is 6.85. The van der Waals surface area contributed by atoms with Crippen LogP contribution in [-0.4, -0.2) is 38.3 Å². The second kappa shape index (κ2) is 9.52. The van der Waals surface area contributed by atoms with Crippen molar-refractivity contribution in [1.29, 1.82) is 0 Å². The van der Waals surface area contributed by atoms with Gasteiger partial charge in [0, 0.05) is 29.8 Å². The van der Waals surface area contributed by atoms with Crippen LogP contribution in [0.5, 0.6) is 0 Å². The van der Waals surface area contributed by atoms with Gasteiger partial charge in [-0.2, -0.15) is 4.31 Å². The Labute approximate surface area is 171 Å². The van der Waals surface area contributed by atoms with Crippen LogP contribution >= 0.6 is 11.6 Å². The molecule has 0 spiro atoms. The van der Waals surface area contributed by atoms with E-state index < -0.39 is 10.0 Å². The molecule has 0 bridgehead atoms. The largest absolute Gasteiger partial charge is 0.325 e. The zero-order valence-corrected chi connectivity index (χ0v) is 18.0. The van der Waals surface area contributed by atoms with Crippen molar-refractivity contribution in [3.63, 3.8) is 0 Å². The molecule has 0 aromatic heterocycles. The molecule has 152 valence electrons. The summed E-state index contributed by atoms with van der Waals surface area (Å²) in [7, 11) is -2.00. The van der Waals surface area contributed by atoms with Gasteiger partial charge in [0.05, 0.1) is 11.4 Å². The third kappa shape index (κ3) is 5.78. The van der Waals surface area contributed by atoms with Gasteiger partial charge in [-0.25, -0.2) is 8.42 Å². The molecule has 8 heteroatoms.